The van der Waals surface area contributed by atoms with Gasteiger partial charge in [-0.1, -0.05) is 0 Å². The van der Waals surface area contributed by atoms with Crippen LogP contribution in [-0.4, -0.2) is 44.4 Å². The maximum absolute atomic E-state index is 11.1. The maximum atomic E-state index is 11.1. The van der Waals surface area contributed by atoms with Gasteiger partial charge in [0.15, 0.2) is 5.13 Å². The molecule has 5 nitrogen and oxygen atoms in total. The Labute approximate surface area is 111 Å². The lowest BCUT2D eigenvalue weighted by molar-refractivity contribution is -0.139. The predicted octanol–water partition coefficient (Wildman–Crippen LogP) is 1.47. The number of thiazole rings is 1. The summed E-state index contributed by atoms with van der Waals surface area (Å²) in [6.45, 7) is 1.72. The van der Waals surface area contributed by atoms with Crippen molar-refractivity contribution < 1.29 is 14.3 Å². The largest absolute Gasteiger partial charge is 0.469 e. The van der Waals surface area contributed by atoms with E-state index < -0.39 is 0 Å². The molecule has 1 aliphatic heterocycles. The first-order chi connectivity index (χ1) is 8.69. The van der Waals surface area contributed by atoms with Crippen molar-refractivity contribution in [1.29, 1.82) is 0 Å². The molecule has 1 aromatic rings. The van der Waals surface area contributed by atoms with E-state index in [1.807, 2.05) is 12.4 Å². The van der Waals surface area contributed by atoms with Crippen LogP contribution in [0.3, 0.4) is 0 Å². The number of aromatic nitrogens is 1. The average Bonchev–Trinajstić information content (AvgIpc) is 3.00. The summed E-state index contributed by atoms with van der Waals surface area (Å²) in [5.74, 6) is -0.256. The van der Waals surface area contributed by atoms with Crippen LogP contribution in [0.1, 0.15) is 18.5 Å². The lowest BCUT2D eigenvalue weighted by atomic mass is 10.2. The third kappa shape index (κ3) is 3.43. The number of nitrogens with zero attached hydrogens (tertiary/aromatic N) is 2. The van der Waals surface area contributed by atoms with Gasteiger partial charge in [-0.15, -0.1) is 11.3 Å². The van der Waals surface area contributed by atoms with Crippen molar-refractivity contribution >= 4 is 22.4 Å². The van der Waals surface area contributed by atoms with Crippen molar-refractivity contribution in [2.24, 2.45) is 0 Å². The number of esters is 1. The second-order valence-electron chi connectivity index (χ2n) is 4.39. The molecule has 2 heterocycles. The van der Waals surface area contributed by atoms with Crippen LogP contribution in [0.5, 0.6) is 0 Å². The van der Waals surface area contributed by atoms with Gasteiger partial charge in [-0.25, -0.2) is 4.98 Å². The number of carbonyl (C=O) groups is 1. The van der Waals surface area contributed by atoms with Crippen molar-refractivity contribution in [3.05, 3.63) is 11.1 Å². The number of ether oxygens (including phenoxy) is 2. The minimum atomic E-state index is -0.256. The molecule has 2 rings (SSSR count). The third-order valence-corrected chi connectivity index (χ3v) is 3.92. The van der Waals surface area contributed by atoms with Crippen LogP contribution >= 0.6 is 11.3 Å². The molecule has 1 unspecified atom stereocenters. The number of likely N-dealkylation sites (N-methyl/N-ethyl adjacent to an activating group) is 1. The average molecular weight is 270 g/mol. The molecule has 1 aromatic heterocycles. The molecule has 0 N–H and O–H groups in total. The van der Waals surface area contributed by atoms with Gasteiger partial charge in [0, 0.05) is 25.6 Å². The fourth-order valence-electron chi connectivity index (χ4n) is 1.94. The summed E-state index contributed by atoms with van der Waals surface area (Å²) >= 11 is 1.54. The Morgan fingerprint density at radius 1 is 1.72 bits per heavy atom. The van der Waals surface area contributed by atoms with Gasteiger partial charge >= 0.3 is 5.97 Å². The number of carbonyl (C=O) groups excluding carboxylic acids is 1. The molecule has 100 valence electrons. The van der Waals surface area contributed by atoms with Gasteiger partial charge in [0.25, 0.3) is 0 Å². The zero-order valence-electron chi connectivity index (χ0n) is 10.7. The van der Waals surface area contributed by atoms with E-state index in [0.29, 0.717) is 6.10 Å². The normalized spacial score (nSPS) is 18.9. The number of anilines is 1. The van der Waals surface area contributed by atoms with E-state index in [4.69, 9.17) is 4.74 Å². The molecule has 0 aromatic carbocycles. The van der Waals surface area contributed by atoms with E-state index in [2.05, 4.69) is 14.6 Å². The second-order valence-corrected chi connectivity index (χ2v) is 5.23. The first-order valence-corrected chi connectivity index (χ1v) is 6.91. The lowest BCUT2D eigenvalue weighted by Crippen LogP contribution is -2.28. The fourth-order valence-corrected chi connectivity index (χ4v) is 2.75. The highest BCUT2D eigenvalue weighted by Crippen LogP contribution is 2.22. The molecule has 1 fully saturated rings. The molecule has 18 heavy (non-hydrogen) atoms. The summed E-state index contributed by atoms with van der Waals surface area (Å²) in [5, 5.41) is 2.82. The SMILES string of the molecule is COC(=O)Cc1csc(N(C)CC2CCCO2)n1. The number of hydrogen-bond acceptors (Lipinski definition) is 6. The molecular formula is C12H18N2O3S. The molecule has 0 bridgehead atoms. The summed E-state index contributed by atoms with van der Waals surface area (Å²) in [5.41, 5.74) is 0.765. The Bertz CT molecular complexity index is 402. The fraction of sp³-hybridized carbons (Fsp3) is 0.667. The van der Waals surface area contributed by atoms with Gasteiger partial charge in [0.2, 0.25) is 0 Å². The Balaban J connectivity index is 1.89. The van der Waals surface area contributed by atoms with E-state index in [0.717, 1.165) is 36.8 Å². The topological polar surface area (TPSA) is 51.7 Å². The number of methoxy groups -OCH3 is 1. The predicted molar refractivity (Wildman–Crippen MR) is 70.1 cm³/mol. The molecule has 1 aliphatic rings. The van der Waals surface area contributed by atoms with Gasteiger partial charge in [-0.05, 0) is 12.8 Å². The summed E-state index contributed by atoms with van der Waals surface area (Å²) < 4.78 is 10.2. The minimum Gasteiger partial charge on any atom is -0.469 e. The molecule has 0 spiro atoms. The Morgan fingerprint density at radius 2 is 2.56 bits per heavy atom. The van der Waals surface area contributed by atoms with Crippen LogP contribution < -0.4 is 4.90 Å². The Kier molecular flexibility index (Phi) is 4.54. The van der Waals surface area contributed by atoms with Crippen LogP contribution in [-0.2, 0) is 20.7 Å². The highest BCUT2D eigenvalue weighted by atomic mass is 32.1. The van der Waals surface area contributed by atoms with Crippen molar-refractivity contribution in [3.8, 4) is 0 Å². The molecular weight excluding hydrogens is 252 g/mol. The second kappa shape index (κ2) is 6.15. The monoisotopic (exact) mass is 270 g/mol. The van der Waals surface area contributed by atoms with Crippen LogP contribution in [0.25, 0.3) is 0 Å². The van der Waals surface area contributed by atoms with Gasteiger partial charge < -0.3 is 14.4 Å². The van der Waals surface area contributed by atoms with E-state index in [1.165, 1.54) is 7.11 Å². The summed E-state index contributed by atoms with van der Waals surface area (Å²) in [6.07, 6.45) is 2.80. The maximum Gasteiger partial charge on any atom is 0.311 e. The number of hydrogen-bond donors (Lipinski definition) is 0. The smallest absolute Gasteiger partial charge is 0.311 e. The zero-order valence-corrected chi connectivity index (χ0v) is 11.5. The quantitative estimate of drug-likeness (QED) is 0.758. The molecule has 6 heteroatoms. The molecule has 0 radical (unpaired) electrons. The van der Waals surface area contributed by atoms with Crippen molar-refractivity contribution in [1.82, 2.24) is 4.98 Å². The van der Waals surface area contributed by atoms with Gasteiger partial charge in [-0.3, -0.25) is 4.79 Å². The van der Waals surface area contributed by atoms with E-state index in [9.17, 15) is 4.79 Å². The standard InChI is InChI=1S/C12H18N2O3S/c1-14(7-10-4-3-5-17-10)12-13-9(8-18-12)6-11(15)16-2/h8,10H,3-7H2,1-2H3. The van der Waals surface area contributed by atoms with Gasteiger partial charge in [-0.2, -0.15) is 0 Å². The first kappa shape index (κ1) is 13.3. The molecule has 0 amide bonds. The minimum absolute atomic E-state index is 0.237. The molecule has 0 aliphatic carbocycles. The van der Waals surface area contributed by atoms with Gasteiger partial charge in [0.05, 0.1) is 25.3 Å². The highest BCUT2D eigenvalue weighted by Gasteiger charge is 2.19. The van der Waals surface area contributed by atoms with Crippen LogP contribution in [0, 0.1) is 0 Å². The molecule has 0 saturated carbocycles. The van der Waals surface area contributed by atoms with Crippen molar-refractivity contribution in [2.75, 3.05) is 32.2 Å². The summed E-state index contributed by atoms with van der Waals surface area (Å²) in [7, 11) is 3.39. The van der Waals surface area contributed by atoms with Crippen LogP contribution in [0.2, 0.25) is 0 Å². The third-order valence-electron chi connectivity index (χ3n) is 2.92. The summed E-state index contributed by atoms with van der Waals surface area (Å²) in [4.78, 5) is 17.7. The Hall–Kier alpha value is -1.14. The Morgan fingerprint density at radius 3 is 3.22 bits per heavy atom. The zero-order chi connectivity index (χ0) is 13.0. The van der Waals surface area contributed by atoms with Crippen LogP contribution in [0.15, 0.2) is 5.38 Å². The van der Waals surface area contributed by atoms with Gasteiger partial charge in [0.1, 0.15) is 0 Å². The van der Waals surface area contributed by atoms with E-state index in [1.54, 1.807) is 11.3 Å². The van der Waals surface area contributed by atoms with Crippen molar-refractivity contribution in [3.63, 3.8) is 0 Å². The molecule has 1 saturated heterocycles. The summed E-state index contributed by atoms with van der Waals surface area (Å²) in [6, 6.07) is 0. The van der Waals surface area contributed by atoms with E-state index in [-0.39, 0.29) is 12.4 Å². The molecule has 1 atom stereocenters. The first-order valence-electron chi connectivity index (χ1n) is 6.03. The lowest BCUT2D eigenvalue weighted by Gasteiger charge is -2.19. The van der Waals surface area contributed by atoms with Crippen LogP contribution in [0.4, 0.5) is 5.13 Å². The van der Waals surface area contributed by atoms with E-state index >= 15 is 0 Å². The van der Waals surface area contributed by atoms with Crippen molar-refractivity contribution in [2.45, 2.75) is 25.4 Å². The number of rotatable bonds is 5. The highest BCUT2D eigenvalue weighted by molar-refractivity contribution is 7.13.